The van der Waals surface area contributed by atoms with Crippen molar-refractivity contribution in [2.24, 2.45) is 0 Å². The van der Waals surface area contributed by atoms with Gasteiger partial charge in [0, 0.05) is 26.2 Å². The van der Waals surface area contributed by atoms with Gasteiger partial charge in [-0.25, -0.2) is 0 Å². The molecule has 0 aliphatic carbocycles. The number of para-hydroxylation sites is 1. The van der Waals surface area contributed by atoms with E-state index in [-0.39, 0.29) is 12.6 Å². The summed E-state index contributed by atoms with van der Waals surface area (Å²) in [5.74, 6) is 0. The van der Waals surface area contributed by atoms with E-state index in [1.807, 2.05) is 36.4 Å². The Hall–Kier alpha value is -0.840. The summed E-state index contributed by atoms with van der Waals surface area (Å²) in [6.07, 6.45) is 0. The van der Waals surface area contributed by atoms with Crippen LogP contribution in [0.3, 0.4) is 0 Å². The zero-order valence-electron chi connectivity index (χ0n) is 10.5. The van der Waals surface area contributed by atoms with E-state index in [0.717, 1.165) is 20.2 Å². The van der Waals surface area contributed by atoms with Crippen molar-refractivity contribution in [3.8, 4) is 0 Å². The number of nitrogens with one attached hydrogen (secondary N) is 1. The van der Waals surface area contributed by atoms with Gasteiger partial charge in [0.25, 0.3) is 0 Å². The number of aliphatic hydroxyl groups is 1. The number of aliphatic hydroxyl groups excluding tert-OH is 1. The van der Waals surface area contributed by atoms with Crippen molar-refractivity contribution in [1.29, 1.82) is 0 Å². The SMILES string of the molecule is CC(Nc1ccccc1CO)c1ccc(Br)cc1Br. The van der Waals surface area contributed by atoms with Crippen LogP contribution < -0.4 is 5.32 Å². The topological polar surface area (TPSA) is 32.3 Å². The quantitative estimate of drug-likeness (QED) is 0.787. The number of anilines is 1. The Balaban J connectivity index is 2.23. The van der Waals surface area contributed by atoms with Crippen LogP contribution in [0.25, 0.3) is 0 Å². The van der Waals surface area contributed by atoms with Gasteiger partial charge >= 0.3 is 0 Å². The summed E-state index contributed by atoms with van der Waals surface area (Å²) >= 11 is 7.03. The van der Waals surface area contributed by atoms with E-state index >= 15 is 0 Å². The molecule has 0 amide bonds. The Morgan fingerprint density at radius 3 is 2.58 bits per heavy atom. The minimum absolute atomic E-state index is 0.0391. The van der Waals surface area contributed by atoms with Gasteiger partial charge in [-0.05, 0) is 30.7 Å². The highest BCUT2D eigenvalue weighted by atomic mass is 79.9. The molecule has 4 heteroatoms. The lowest BCUT2D eigenvalue weighted by atomic mass is 10.1. The smallest absolute Gasteiger partial charge is 0.0701 e. The predicted molar refractivity (Wildman–Crippen MR) is 86.2 cm³/mol. The second kappa shape index (κ2) is 6.55. The zero-order chi connectivity index (χ0) is 13.8. The van der Waals surface area contributed by atoms with Crippen molar-refractivity contribution >= 4 is 37.5 Å². The molecule has 0 aromatic heterocycles. The Morgan fingerprint density at radius 2 is 1.89 bits per heavy atom. The van der Waals surface area contributed by atoms with Gasteiger partial charge in [-0.1, -0.05) is 56.1 Å². The number of halogens is 2. The highest BCUT2D eigenvalue weighted by Crippen LogP contribution is 2.29. The second-order valence-electron chi connectivity index (χ2n) is 4.35. The van der Waals surface area contributed by atoms with Gasteiger partial charge < -0.3 is 10.4 Å². The van der Waals surface area contributed by atoms with Crippen molar-refractivity contribution in [2.45, 2.75) is 19.6 Å². The molecule has 100 valence electrons. The van der Waals surface area contributed by atoms with E-state index in [0.29, 0.717) is 0 Å². The fourth-order valence-corrected chi connectivity index (χ4v) is 3.35. The number of hydrogen-bond donors (Lipinski definition) is 2. The number of hydrogen-bond acceptors (Lipinski definition) is 2. The fraction of sp³-hybridized carbons (Fsp3) is 0.200. The average molecular weight is 385 g/mol. The lowest BCUT2D eigenvalue weighted by molar-refractivity contribution is 0.282. The molecule has 2 nitrogen and oxygen atoms in total. The molecule has 0 aliphatic rings. The predicted octanol–water partition coefficient (Wildman–Crippen LogP) is 4.88. The summed E-state index contributed by atoms with van der Waals surface area (Å²) < 4.78 is 2.11. The summed E-state index contributed by atoms with van der Waals surface area (Å²) in [6, 6.07) is 14.1. The molecule has 1 unspecified atom stereocenters. The molecule has 2 aromatic carbocycles. The fourth-order valence-electron chi connectivity index (χ4n) is 1.96. The molecule has 0 saturated carbocycles. The van der Waals surface area contributed by atoms with Gasteiger partial charge in [0.05, 0.1) is 6.61 Å². The Kier molecular flexibility index (Phi) is 5.02. The second-order valence-corrected chi connectivity index (χ2v) is 6.12. The number of rotatable bonds is 4. The normalized spacial score (nSPS) is 12.2. The molecular weight excluding hydrogens is 370 g/mol. The Bertz CT molecular complexity index is 572. The van der Waals surface area contributed by atoms with Crippen LogP contribution in [-0.4, -0.2) is 5.11 Å². The summed E-state index contributed by atoms with van der Waals surface area (Å²) in [5, 5.41) is 12.8. The van der Waals surface area contributed by atoms with Gasteiger partial charge in [0.2, 0.25) is 0 Å². The highest BCUT2D eigenvalue weighted by Gasteiger charge is 2.11. The van der Waals surface area contributed by atoms with Crippen molar-refractivity contribution in [3.05, 3.63) is 62.5 Å². The molecular formula is C15H15Br2NO. The molecule has 0 aliphatic heterocycles. The monoisotopic (exact) mass is 383 g/mol. The van der Waals surface area contributed by atoms with Crippen molar-refractivity contribution < 1.29 is 5.11 Å². The third-order valence-electron chi connectivity index (χ3n) is 2.99. The molecule has 0 bridgehead atoms. The van der Waals surface area contributed by atoms with E-state index in [1.165, 1.54) is 5.56 Å². The van der Waals surface area contributed by atoms with Crippen LogP contribution in [-0.2, 0) is 6.61 Å². The van der Waals surface area contributed by atoms with Crippen LogP contribution >= 0.6 is 31.9 Å². The maximum absolute atomic E-state index is 9.34. The number of benzene rings is 2. The molecule has 2 N–H and O–H groups in total. The molecule has 19 heavy (non-hydrogen) atoms. The maximum atomic E-state index is 9.34. The van der Waals surface area contributed by atoms with Crippen LogP contribution in [0.1, 0.15) is 24.1 Å². The van der Waals surface area contributed by atoms with Gasteiger partial charge in [-0.3, -0.25) is 0 Å². The first-order valence-corrected chi connectivity index (χ1v) is 7.60. The first-order valence-electron chi connectivity index (χ1n) is 6.02. The van der Waals surface area contributed by atoms with E-state index in [1.54, 1.807) is 0 Å². The molecule has 0 spiro atoms. The summed E-state index contributed by atoms with van der Waals surface area (Å²) in [6.45, 7) is 2.14. The average Bonchev–Trinajstić information content (AvgIpc) is 2.39. The zero-order valence-corrected chi connectivity index (χ0v) is 13.7. The third kappa shape index (κ3) is 3.59. The van der Waals surface area contributed by atoms with Crippen molar-refractivity contribution in [1.82, 2.24) is 0 Å². The summed E-state index contributed by atoms with van der Waals surface area (Å²) in [5.41, 5.74) is 3.05. The summed E-state index contributed by atoms with van der Waals surface area (Å²) in [4.78, 5) is 0. The van der Waals surface area contributed by atoms with E-state index in [4.69, 9.17) is 0 Å². The summed E-state index contributed by atoms with van der Waals surface area (Å²) in [7, 11) is 0. The minimum Gasteiger partial charge on any atom is -0.392 e. The van der Waals surface area contributed by atoms with Crippen LogP contribution in [0.5, 0.6) is 0 Å². The minimum atomic E-state index is 0.0391. The molecule has 2 rings (SSSR count). The van der Waals surface area contributed by atoms with Crippen molar-refractivity contribution in [2.75, 3.05) is 5.32 Å². The first-order chi connectivity index (χ1) is 9.11. The van der Waals surface area contributed by atoms with E-state index in [2.05, 4.69) is 50.2 Å². The Morgan fingerprint density at radius 1 is 1.16 bits per heavy atom. The first kappa shape index (κ1) is 14.6. The van der Waals surface area contributed by atoms with Gasteiger partial charge in [-0.15, -0.1) is 0 Å². The van der Waals surface area contributed by atoms with Crippen LogP contribution in [0.15, 0.2) is 51.4 Å². The molecule has 1 atom stereocenters. The van der Waals surface area contributed by atoms with Crippen LogP contribution in [0, 0.1) is 0 Å². The maximum Gasteiger partial charge on any atom is 0.0701 e. The van der Waals surface area contributed by atoms with Crippen molar-refractivity contribution in [3.63, 3.8) is 0 Å². The lowest BCUT2D eigenvalue weighted by Gasteiger charge is -2.19. The van der Waals surface area contributed by atoms with Gasteiger partial charge in [0.1, 0.15) is 0 Å². The van der Waals surface area contributed by atoms with Gasteiger partial charge in [-0.2, -0.15) is 0 Å². The van der Waals surface area contributed by atoms with E-state index in [9.17, 15) is 5.11 Å². The molecule has 0 saturated heterocycles. The third-order valence-corrected chi connectivity index (χ3v) is 4.17. The van der Waals surface area contributed by atoms with E-state index < -0.39 is 0 Å². The van der Waals surface area contributed by atoms with Gasteiger partial charge in [0.15, 0.2) is 0 Å². The molecule has 0 heterocycles. The Labute approximate surface area is 130 Å². The lowest BCUT2D eigenvalue weighted by Crippen LogP contribution is -2.09. The van der Waals surface area contributed by atoms with Crippen LogP contribution in [0.4, 0.5) is 5.69 Å². The largest absolute Gasteiger partial charge is 0.392 e. The molecule has 0 fully saturated rings. The molecule has 2 aromatic rings. The highest BCUT2D eigenvalue weighted by molar-refractivity contribution is 9.11. The molecule has 0 radical (unpaired) electrons. The van der Waals surface area contributed by atoms with Crippen LogP contribution in [0.2, 0.25) is 0 Å². The standard InChI is InChI=1S/C15H15Br2NO/c1-10(13-7-6-12(16)8-14(13)17)18-15-5-3-2-4-11(15)9-19/h2-8,10,18-19H,9H2,1H3.